The van der Waals surface area contributed by atoms with Gasteiger partial charge in [-0.3, -0.25) is 0 Å². The first-order valence-corrected chi connectivity index (χ1v) is 7.35. The molecule has 0 aliphatic heterocycles. The number of thiophene rings is 1. The van der Waals surface area contributed by atoms with Crippen LogP contribution in [0, 0.1) is 13.8 Å². The molecule has 2 rings (SSSR count). The highest BCUT2D eigenvalue weighted by molar-refractivity contribution is 7.16. The van der Waals surface area contributed by atoms with Gasteiger partial charge in [-0.25, -0.2) is 0 Å². The van der Waals surface area contributed by atoms with Gasteiger partial charge in [0.2, 0.25) is 0 Å². The molecule has 0 atom stereocenters. The fourth-order valence-corrected chi connectivity index (χ4v) is 3.00. The Morgan fingerprint density at radius 3 is 2.72 bits per heavy atom. The Bertz CT molecular complexity index is 519. The van der Waals surface area contributed by atoms with Crippen LogP contribution in [-0.4, -0.2) is 6.54 Å². The summed E-state index contributed by atoms with van der Waals surface area (Å²) in [6.45, 7) is 6.23. The van der Waals surface area contributed by atoms with Gasteiger partial charge in [-0.1, -0.05) is 35.4 Å². The van der Waals surface area contributed by atoms with Crippen molar-refractivity contribution >= 4 is 22.9 Å². The van der Waals surface area contributed by atoms with Crippen molar-refractivity contribution in [1.82, 2.24) is 5.32 Å². The summed E-state index contributed by atoms with van der Waals surface area (Å²) in [5.74, 6) is 0. The van der Waals surface area contributed by atoms with Crippen molar-refractivity contribution in [3.63, 3.8) is 0 Å². The van der Waals surface area contributed by atoms with Crippen LogP contribution in [0.4, 0.5) is 0 Å². The summed E-state index contributed by atoms with van der Waals surface area (Å²) in [5.41, 5.74) is 4.06. The maximum Gasteiger partial charge on any atom is 0.0931 e. The molecule has 1 nitrogen and oxygen atoms in total. The zero-order chi connectivity index (χ0) is 13.0. The van der Waals surface area contributed by atoms with Gasteiger partial charge < -0.3 is 5.32 Å². The minimum absolute atomic E-state index is 0.875. The fraction of sp³-hybridized carbons (Fsp3) is 0.333. The van der Waals surface area contributed by atoms with E-state index in [1.54, 1.807) is 11.3 Å². The molecule has 0 unspecified atom stereocenters. The molecule has 0 bridgehead atoms. The van der Waals surface area contributed by atoms with Crippen molar-refractivity contribution in [2.45, 2.75) is 26.8 Å². The Kier molecular flexibility index (Phi) is 4.81. The van der Waals surface area contributed by atoms with Crippen LogP contribution in [0.5, 0.6) is 0 Å². The van der Waals surface area contributed by atoms with Gasteiger partial charge in [0.05, 0.1) is 4.34 Å². The standard InChI is InChI=1S/C15H18ClNS/c1-11-3-4-12(2)13(9-11)10-17-8-7-14-5-6-15(16)18-14/h3-6,9,17H,7-8,10H2,1-2H3. The van der Waals surface area contributed by atoms with Crippen molar-refractivity contribution in [2.75, 3.05) is 6.54 Å². The van der Waals surface area contributed by atoms with E-state index in [2.05, 4.69) is 43.4 Å². The van der Waals surface area contributed by atoms with Gasteiger partial charge in [-0.05, 0) is 43.5 Å². The molecule has 0 saturated carbocycles. The van der Waals surface area contributed by atoms with Crippen LogP contribution in [0.1, 0.15) is 21.6 Å². The highest BCUT2D eigenvalue weighted by atomic mass is 35.5. The number of hydrogen-bond acceptors (Lipinski definition) is 2. The average molecular weight is 280 g/mol. The second-order valence-corrected chi connectivity index (χ2v) is 6.36. The maximum absolute atomic E-state index is 5.91. The van der Waals surface area contributed by atoms with Crippen molar-refractivity contribution < 1.29 is 0 Å². The highest BCUT2D eigenvalue weighted by Crippen LogP contribution is 2.21. The molecule has 3 heteroatoms. The van der Waals surface area contributed by atoms with E-state index in [0.717, 1.165) is 23.8 Å². The van der Waals surface area contributed by atoms with E-state index in [9.17, 15) is 0 Å². The largest absolute Gasteiger partial charge is 0.312 e. The molecule has 2 aromatic rings. The lowest BCUT2D eigenvalue weighted by molar-refractivity contribution is 0.688. The molecule has 18 heavy (non-hydrogen) atoms. The Labute approximate surface area is 118 Å². The van der Waals surface area contributed by atoms with Crippen molar-refractivity contribution in [1.29, 1.82) is 0 Å². The molecule has 1 aromatic heterocycles. The van der Waals surface area contributed by atoms with Gasteiger partial charge in [0.25, 0.3) is 0 Å². The number of aryl methyl sites for hydroxylation is 2. The molecule has 0 saturated heterocycles. The van der Waals surface area contributed by atoms with Gasteiger partial charge in [0.15, 0.2) is 0 Å². The van der Waals surface area contributed by atoms with Crippen LogP contribution in [0.25, 0.3) is 0 Å². The number of benzene rings is 1. The van der Waals surface area contributed by atoms with E-state index in [1.807, 2.05) is 6.07 Å². The van der Waals surface area contributed by atoms with Crippen molar-refractivity contribution in [2.24, 2.45) is 0 Å². The Morgan fingerprint density at radius 1 is 1.17 bits per heavy atom. The molecule has 0 fully saturated rings. The lowest BCUT2D eigenvalue weighted by atomic mass is 10.1. The summed E-state index contributed by atoms with van der Waals surface area (Å²) in [6, 6.07) is 10.7. The number of nitrogens with one attached hydrogen (secondary N) is 1. The summed E-state index contributed by atoms with van der Waals surface area (Å²) in [6.07, 6.45) is 1.04. The van der Waals surface area contributed by atoms with Crippen LogP contribution in [-0.2, 0) is 13.0 Å². The summed E-state index contributed by atoms with van der Waals surface area (Å²) in [4.78, 5) is 1.34. The third-order valence-electron chi connectivity index (χ3n) is 3.00. The molecule has 0 amide bonds. The monoisotopic (exact) mass is 279 g/mol. The molecule has 0 radical (unpaired) electrons. The molecular formula is C15H18ClNS. The lowest BCUT2D eigenvalue weighted by Gasteiger charge is -2.08. The van der Waals surface area contributed by atoms with Crippen LogP contribution in [0.15, 0.2) is 30.3 Å². The van der Waals surface area contributed by atoms with E-state index in [-0.39, 0.29) is 0 Å². The van der Waals surface area contributed by atoms with Gasteiger partial charge in [0, 0.05) is 18.0 Å². The second-order valence-electron chi connectivity index (χ2n) is 4.56. The Morgan fingerprint density at radius 2 is 2.00 bits per heavy atom. The first kappa shape index (κ1) is 13.6. The molecule has 96 valence electrons. The van der Waals surface area contributed by atoms with Gasteiger partial charge in [0.1, 0.15) is 0 Å². The molecule has 1 N–H and O–H groups in total. The minimum atomic E-state index is 0.875. The molecule has 0 aliphatic rings. The predicted molar refractivity (Wildman–Crippen MR) is 80.7 cm³/mol. The molecular weight excluding hydrogens is 262 g/mol. The van der Waals surface area contributed by atoms with Crippen molar-refractivity contribution in [3.8, 4) is 0 Å². The fourth-order valence-electron chi connectivity index (χ4n) is 1.91. The second kappa shape index (κ2) is 6.37. The van der Waals surface area contributed by atoms with E-state index in [1.165, 1.54) is 21.6 Å². The first-order valence-electron chi connectivity index (χ1n) is 6.16. The van der Waals surface area contributed by atoms with E-state index < -0.39 is 0 Å². The van der Waals surface area contributed by atoms with Gasteiger partial charge >= 0.3 is 0 Å². The van der Waals surface area contributed by atoms with Crippen LogP contribution in [0.2, 0.25) is 4.34 Å². The number of halogens is 1. The third kappa shape index (κ3) is 3.84. The maximum atomic E-state index is 5.91. The average Bonchev–Trinajstić information content (AvgIpc) is 2.75. The van der Waals surface area contributed by atoms with Crippen LogP contribution >= 0.6 is 22.9 Å². The highest BCUT2D eigenvalue weighted by Gasteiger charge is 2.00. The minimum Gasteiger partial charge on any atom is -0.312 e. The van der Waals surface area contributed by atoms with Crippen molar-refractivity contribution in [3.05, 3.63) is 56.2 Å². The molecule has 1 heterocycles. The Balaban J connectivity index is 1.80. The normalized spacial score (nSPS) is 10.8. The number of hydrogen-bond donors (Lipinski definition) is 1. The molecule has 0 aliphatic carbocycles. The summed E-state index contributed by atoms with van der Waals surface area (Å²) < 4.78 is 0.875. The lowest BCUT2D eigenvalue weighted by Crippen LogP contribution is -2.17. The number of rotatable bonds is 5. The van der Waals surface area contributed by atoms with E-state index >= 15 is 0 Å². The molecule has 1 aromatic carbocycles. The summed E-state index contributed by atoms with van der Waals surface area (Å²) >= 11 is 7.57. The zero-order valence-electron chi connectivity index (χ0n) is 10.8. The van der Waals surface area contributed by atoms with E-state index in [0.29, 0.717) is 0 Å². The molecule has 0 spiro atoms. The topological polar surface area (TPSA) is 12.0 Å². The predicted octanol–water partition coefficient (Wildman–Crippen LogP) is 4.35. The SMILES string of the molecule is Cc1ccc(C)c(CNCCc2ccc(Cl)s2)c1. The smallest absolute Gasteiger partial charge is 0.0931 e. The first-order chi connectivity index (χ1) is 8.65. The van der Waals surface area contributed by atoms with E-state index in [4.69, 9.17) is 11.6 Å². The third-order valence-corrected chi connectivity index (χ3v) is 4.29. The zero-order valence-corrected chi connectivity index (χ0v) is 12.4. The Hall–Kier alpha value is -0.830. The van der Waals surface area contributed by atoms with Gasteiger partial charge in [-0.15, -0.1) is 11.3 Å². The summed E-state index contributed by atoms with van der Waals surface area (Å²) in [5, 5.41) is 3.49. The summed E-state index contributed by atoms with van der Waals surface area (Å²) in [7, 11) is 0. The quantitative estimate of drug-likeness (QED) is 0.803. The van der Waals surface area contributed by atoms with Crippen LogP contribution < -0.4 is 5.32 Å². The van der Waals surface area contributed by atoms with Gasteiger partial charge in [-0.2, -0.15) is 0 Å². The van der Waals surface area contributed by atoms with Crippen LogP contribution in [0.3, 0.4) is 0 Å².